The Labute approximate surface area is 156 Å². The second-order valence-electron chi connectivity index (χ2n) is 6.88. The highest BCUT2D eigenvalue weighted by molar-refractivity contribution is 7.99. The molecule has 2 aliphatic rings. The monoisotopic (exact) mass is 367 g/mol. The topological polar surface area (TPSA) is 75.4 Å². The van der Waals surface area contributed by atoms with Crippen molar-refractivity contribution in [3.63, 3.8) is 0 Å². The second kappa shape index (κ2) is 7.13. The molecule has 134 valence electrons. The van der Waals surface area contributed by atoms with E-state index in [1.165, 1.54) is 18.2 Å². The molecule has 2 heterocycles. The van der Waals surface area contributed by atoms with Crippen LogP contribution < -0.4 is 11.1 Å². The van der Waals surface area contributed by atoms with Crippen LogP contribution in [0.5, 0.6) is 0 Å². The molecule has 0 saturated carbocycles. The molecule has 2 fully saturated rings. The number of carbonyl (C=O) groups excluding carboxylic acids is 2. The molecular formula is C20H21N3O2S. The first-order chi connectivity index (χ1) is 12.6. The molecule has 0 radical (unpaired) electrons. The second-order valence-corrected chi connectivity index (χ2v) is 7.99. The van der Waals surface area contributed by atoms with E-state index in [1.54, 1.807) is 12.1 Å². The van der Waals surface area contributed by atoms with Crippen LogP contribution in [0.1, 0.15) is 27.1 Å². The lowest BCUT2D eigenvalue weighted by Crippen LogP contribution is -2.43. The van der Waals surface area contributed by atoms with E-state index in [0.717, 1.165) is 29.4 Å². The molecule has 2 bridgehead atoms. The Morgan fingerprint density at radius 1 is 1.08 bits per heavy atom. The highest BCUT2D eigenvalue weighted by Gasteiger charge is 2.38. The summed E-state index contributed by atoms with van der Waals surface area (Å²) >= 11 is 1.47. The van der Waals surface area contributed by atoms with Crippen LogP contribution in [0.3, 0.4) is 0 Å². The first-order valence-electron chi connectivity index (χ1n) is 8.80. The number of carbonyl (C=O) groups is 2. The van der Waals surface area contributed by atoms with E-state index >= 15 is 0 Å². The minimum Gasteiger partial charge on any atom is -0.366 e. The summed E-state index contributed by atoms with van der Waals surface area (Å²) in [6.07, 6.45) is 1.18. The minimum atomic E-state index is -0.439. The van der Waals surface area contributed by atoms with Gasteiger partial charge in [-0.15, -0.1) is 0 Å². The number of nitrogens with zero attached hydrogens (tertiary/aromatic N) is 1. The van der Waals surface area contributed by atoms with Gasteiger partial charge < -0.3 is 16.0 Å². The molecular weight excluding hydrogens is 346 g/mol. The number of hydrogen-bond acceptors (Lipinski definition) is 4. The van der Waals surface area contributed by atoms with Gasteiger partial charge in [0.05, 0.1) is 5.56 Å². The molecule has 26 heavy (non-hydrogen) atoms. The smallest absolute Gasteiger partial charge is 0.251 e. The summed E-state index contributed by atoms with van der Waals surface area (Å²) in [6.45, 7) is 3.24. The van der Waals surface area contributed by atoms with Crippen molar-refractivity contribution in [3.8, 4) is 0 Å². The van der Waals surface area contributed by atoms with Gasteiger partial charge in [0.1, 0.15) is 0 Å². The van der Waals surface area contributed by atoms with Gasteiger partial charge in [-0.3, -0.25) is 9.59 Å². The van der Waals surface area contributed by atoms with Gasteiger partial charge in [-0.1, -0.05) is 23.9 Å². The third-order valence-corrected chi connectivity index (χ3v) is 6.23. The summed E-state index contributed by atoms with van der Waals surface area (Å²) in [4.78, 5) is 28.2. The Hall–Kier alpha value is -2.31. The van der Waals surface area contributed by atoms with Gasteiger partial charge in [0, 0.05) is 34.5 Å². The van der Waals surface area contributed by atoms with Crippen molar-refractivity contribution in [2.45, 2.75) is 22.3 Å². The molecule has 2 aliphatic heterocycles. The Morgan fingerprint density at radius 2 is 1.85 bits per heavy atom. The minimum absolute atomic E-state index is 0.0159. The highest BCUT2D eigenvalue weighted by Crippen LogP contribution is 2.31. The molecule has 6 heteroatoms. The maximum absolute atomic E-state index is 12.5. The van der Waals surface area contributed by atoms with E-state index in [2.05, 4.69) is 10.2 Å². The Kier molecular flexibility index (Phi) is 4.70. The fourth-order valence-corrected chi connectivity index (χ4v) is 4.71. The molecule has 2 saturated heterocycles. The summed E-state index contributed by atoms with van der Waals surface area (Å²) in [5, 5.41) is 3.17. The average molecular weight is 367 g/mol. The molecule has 3 atom stereocenters. The number of benzene rings is 2. The standard InChI is InChI=1S/C20H21N3O2S/c21-19(24)16-3-1-2-4-18(16)26-15-7-5-13(6-8-15)20(25)22-17-12-23-10-9-14(17)11-23/h1-8,14,17H,9-12H2,(H2,21,24)(H,22,25)/t14-,17?/m0/s1. The van der Waals surface area contributed by atoms with E-state index in [4.69, 9.17) is 5.73 Å². The summed E-state index contributed by atoms with van der Waals surface area (Å²) in [7, 11) is 0. The predicted octanol–water partition coefficient (Wildman–Crippen LogP) is 2.37. The van der Waals surface area contributed by atoms with Crippen LogP contribution in [-0.4, -0.2) is 42.4 Å². The van der Waals surface area contributed by atoms with E-state index < -0.39 is 5.91 Å². The molecule has 3 N–H and O–H groups in total. The van der Waals surface area contributed by atoms with Gasteiger partial charge in [0.2, 0.25) is 5.91 Å². The van der Waals surface area contributed by atoms with Crippen LogP contribution in [0, 0.1) is 5.92 Å². The quantitative estimate of drug-likeness (QED) is 0.851. The normalized spacial score (nSPS) is 23.8. The summed E-state index contributed by atoms with van der Waals surface area (Å²) in [5.74, 6) is 0.141. The third-order valence-electron chi connectivity index (χ3n) is 5.15. The number of fused-ring (bicyclic) bond motifs is 2. The van der Waals surface area contributed by atoms with Crippen LogP contribution in [0.25, 0.3) is 0 Å². The number of hydrogen-bond donors (Lipinski definition) is 2. The van der Waals surface area contributed by atoms with Gasteiger partial charge >= 0.3 is 0 Å². The van der Waals surface area contributed by atoms with Gasteiger partial charge in [-0.05, 0) is 55.3 Å². The van der Waals surface area contributed by atoms with Gasteiger partial charge in [-0.25, -0.2) is 0 Å². The lowest BCUT2D eigenvalue weighted by atomic mass is 9.99. The molecule has 0 aromatic heterocycles. The molecule has 5 nitrogen and oxygen atoms in total. The molecule has 0 spiro atoms. The van der Waals surface area contributed by atoms with E-state index in [-0.39, 0.29) is 11.9 Å². The van der Waals surface area contributed by atoms with Crippen molar-refractivity contribution in [1.82, 2.24) is 10.2 Å². The Morgan fingerprint density at radius 3 is 2.50 bits per heavy atom. The van der Waals surface area contributed by atoms with Crippen LogP contribution >= 0.6 is 11.8 Å². The maximum Gasteiger partial charge on any atom is 0.251 e. The summed E-state index contributed by atoms with van der Waals surface area (Å²) in [6, 6.07) is 15.0. The van der Waals surface area contributed by atoms with E-state index in [0.29, 0.717) is 17.0 Å². The summed E-state index contributed by atoms with van der Waals surface area (Å²) in [5.41, 5.74) is 6.59. The van der Waals surface area contributed by atoms with Crippen LogP contribution in [0.4, 0.5) is 0 Å². The zero-order valence-electron chi connectivity index (χ0n) is 14.4. The van der Waals surface area contributed by atoms with Gasteiger partial charge in [0.15, 0.2) is 0 Å². The maximum atomic E-state index is 12.5. The van der Waals surface area contributed by atoms with Crippen molar-refractivity contribution in [3.05, 3.63) is 59.7 Å². The van der Waals surface area contributed by atoms with Crippen molar-refractivity contribution < 1.29 is 9.59 Å². The largest absolute Gasteiger partial charge is 0.366 e. The molecule has 2 amide bonds. The lowest BCUT2D eigenvalue weighted by molar-refractivity contribution is 0.0923. The fourth-order valence-electron chi connectivity index (χ4n) is 3.76. The zero-order valence-corrected chi connectivity index (χ0v) is 15.2. The predicted molar refractivity (Wildman–Crippen MR) is 101 cm³/mol. The first kappa shape index (κ1) is 17.1. The number of piperidine rings is 1. The molecule has 2 aromatic rings. The van der Waals surface area contributed by atoms with Gasteiger partial charge in [0.25, 0.3) is 5.91 Å². The number of nitrogens with one attached hydrogen (secondary N) is 1. The first-order valence-corrected chi connectivity index (χ1v) is 9.62. The molecule has 2 unspecified atom stereocenters. The highest BCUT2D eigenvalue weighted by atomic mass is 32.2. The number of nitrogens with two attached hydrogens (primary N) is 1. The number of primary amides is 1. The zero-order chi connectivity index (χ0) is 18.1. The molecule has 4 rings (SSSR count). The molecule has 2 aromatic carbocycles. The fraction of sp³-hybridized carbons (Fsp3) is 0.300. The van der Waals surface area contributed by atoms with Crippen molar-refractivity contribution in [2.24, 2.45) is 11.7 Å². The van der Waals surface area contributed by atoms with Crippen molar-refractivity contribution in [2.75, 3.05) is 19.6 Å². The summed E-state index contributed by atoms with van der Waals surface area (Å²) < 4.78 is 0. The molecule has 0 aliphatic carbocycles. The third kappa shape index (κ3) is 3.48. The van der Waals surface area contributed by atoms with E-state index in [1.807, 2.05) is 36.4 Å². The van der Waals surface area contributed by atoms with E-state index in [9.17, 15) is 9.59 Å². The van der Waals surface area contributed by atoms with Crippen LogP contribution in [0.2, 0.25) is 0 Å². The van der Waals surface area contributed by atoms with Crippen molar-refractivity contribution in [1.29, 1.82) is 0 Å². The number of amides is 2. The van der Waals surface area contributed by atoms with Gasteiger partial charge in [-0.2, -0.15) is 0 Å². The van der Waals surface area contributed by atoms with Crippen molar-refractivity contribution >= 4 is 23.6 Å². The number of rotatable bonds is 5. The lowest BCUT2D eigenvalue weighted by Gasteiger charge is -2.23. The average Bonchev–Trinajstić information content (AvgIpc) is 3.25. The van der Waals surface area contributed by atoms with Crippen LogP contribution in [0.15, 0.2) is 58.3 Å². The Bertz CT molecular complexity index is 837. The van der Waals surface area contributed by atoms with Crippen LogP contribution in [-0.2, 0) is 0 Å². The Balaban J connectivity index is 1.42. The SMILES string of the molecule is NC(=O)c1ccccc1Sc1ccc(C(=O)NC2CN3CC[C@H]2C3)cc1.